The quantitative estimate of drug-likeness (QED) is 0.477. The summed E-state index contributed by atoms with van der Waals surface area (Å²) >= 11 is 8.87. The summed E-state index contributed by atoms with van der Waals surface area (Å²) in [5, 5.41) is 2.54. The van der Waals surface area contributed by atoms with Crippen molar-refractivity contribution in [1.82, 2.24) is 0 Å². The number of benzene rings is 3. The molecule has 19 heavy (non-hydrogen) atoms. The third-order valence-electron chi connectivity index (χ3n) is 2.87. The summed E-state index contributed by atoms with van der Waals surface area (Å²) in [6.45, 7) is 0. The Morgan fingerprint density at radius 2 is 1.37 bits per heavy atom. The normalized spacial score (nSPS) is 10.8. The fraction of sp³-hybridized carbons (Fsp3) is 0. The molecule has 0 aliphatic heterocycles. The minimum Gasteiger partial charge on any atom is -0.0894 e. The van der Waals surface area contributed by atoms with E-state index >= 15 is 0 Å². The first-order valence-corrected chi connectivity index (χ1v) is 8.25. The van der Waals surface area contributed by atoms with Crippen LogP contribution in [0.3, 0.4) is 0 Å². The first-order valence-electron chi connectivity index (χ1n) is 5.85. The lowest BCUT2D eigenvalue weighted by Gasteiger charge is -2.08. The van der Waals surface area contributed by atoms with Crippen LogP contribution in [0.1, 0.15) is 0 Å². The molecule has 0 unspecified atom stereocenters. The van der Waals surface area contributed by atoms with Crippen molar-refractivity contribution in [2.45, 2.75) is 9.79 Å². The number of rotatable bonds is 2. The van der Waals surface area contributed by atoms with Gasteiger partial charge in [0.1, 0.15) is 0 Å². The Balaban J connectivity index is 2.06. The second kappa shape index (κ2) is 5.70. The zero-order valence-corrected chi connectivity index (χ0v) is 13.9. The first-order chi connectivity index (χ1) is 9.24. The Labute approximate surface area is 133 Å². The van der Waals surface area contributed by atoms with E-state index in [0.29, 0.717) is 0 Å². The summed E-state index contributed by atoms with van der Waals surface area (Å²) in [6, 6.07) is 21.2. The van der Waals surface area contributed by atoms with Crippen molar-refractivity contribution in [3.05, 3.63) is 69.6 Å². The highest BCUT2D eigenvalue weighted by molar-refractivity contribution is 9.11. The highest BCUT2D eigenvalue weighted by atomic mass is 79.9. The van der Waals surface area contributed by atoms with Crippen LogP contribution in [-0.2, 0) is 0 Å². The van der Waals surface area contributed by atoms with E-state index < -0.39 is 0 Å². The molecule has 0 saturated heterocycles. The van der Waals surface area contributed by atoms with Crippen molar-refractivity contribution in [3.63, 3.8) is 0 Å². The summed E-state index contributed by atoms with van der Waals surface area (Å²) in [6.07, 6.45) is 0. The van der Waals surface area contributed by atoms with E-state index in [-0.39, 0.29) is 0 Å². The zero-order chi connectivity index (χ0) is 13.2. The third kappa shape index (κ3) is 2.88. The van der Waals surface area contributed by atoms with Crippen LogP contribution < -0.4 is 0 Å². The van der Waals surface area contributed by atoms with Crippen LogP contribution >= 0.6 is 43.6 Å². The van der Waals surface area contributed by atoms with E-state index in [2.05, 4.69) is 92.5 Å². The van der Waals surface area contributed by atoms with Crippen LogP contribution in [0.15, 0.2) is 79.4 Å². The van der Waals surface area contributed by atoms with E-state index in [4.69, 9.17) is 0 Å². The van der Waals surface area contributed by atoms with Gasteiger partial charge in [-0.25, -0.2) is 0 Å². The van der Waals surface area contributed by atoms with Gasteiger partial charge in [0.2, 0.25) is 0 Å². The van der Waals surface area contributed by atoms with E-state index in [9.17, 15) is 0 Å². The molecular weight excluding hydrogens is 384 g/mol. The van der Waals surface area contributed by atoms with Gasteiger partial charge in [-0.15, -0.1) is 0 Å². The summed E-state index contributed by atoms with van der Waals surface area (Å²) in [7, 11) is 0. The van der Waals surface area contributed by atoms with Gasteiger partial charge in [-0.2, -0.15) is 0 Å². The fourth-order valence-electron chi connectivity index (χ4n) is 1.95. The number of hydrogen-bond acceptors (Lipinski definition) is 1. The minimum absolute atomic E-state index is 1.11. The van der Waals surface area contributed by atoms with E-state index in [1.807, 2.05) is 0 Å². The molecule has 0 heterocycles. The largest absolute Gasteiger partial charge is 0.0894 e. The standard InChI is InChI=1S/C16H10Br2S/c17-11-5-7-12(8-6-11)19-16-10-9-15(18)13-3-1-2-4-14(13)16/h1-10H. The van der Waals surface area contributed by atoms with Gasteiger partial charge in [0, 0.05) is 18.7 Å². The predicted molar refractivity (Wildman–Crippen MR) is 89.9 cm³/mol. The van der Waals surface area contributed by atoms with Crippen molar-refractivity contribution < 1.29 is 0 Å². The molecule has 94 valence electrons. The molecule has 3 aromatic carbocycles. The molecule has 0 saturated carbocycles. The maximum absolute atomic E-state index is 3.61. The third-order valence-corrected chi connectivity index (χ3v) is 5.18. The number of hydrogen-bond donors (Lipinski definition) is 0. The van der Waals surface area contributed by atoms with Gasteiger partial charge in [-0.1, -0.05) is 67.9 Å². The Morgan fingerprint density at radius 3 is 2.11 bits per heavy atom. The zero-order valence-electron chi connectivity index (χ0n) is 9.94. The number of halogens is 2. The van der Waals surface area contributed by atoms with Gasteiger partial charge < -0.3 is 0 Å². The fourth-order valence-corrected chi connectivity index (χ4v) is 3.65. The van der Waals surface area contributed by atoms with Crippen LogP contribution in [0.25, 0.3) is 10.8 Å². The lowest BCUT2D eigenvalue weighted by molar-refractivity contribution is 1.42. The van der Waals surface area contributed by atoms with Crippen LogP contribution in [-0.4, -0.2) is 0 Å². The van der Waals surface area contributed by atoms with Gasteiger partial charge in [-0.3, -0.25) is 0 Å². The molecule has 0 aliphatic carbocycles. The topological polar surface area (TPSA) is 0 Å². The Morgan fingerprint density at radius 1 is 0.684 bits per heavy atom. The van der Waals surface area contributed by atoms with Gasteiger partial charge in [0.15, 0.2) is 0 Å². The van der Waals surface area contributed by atoms with E-state index in [1.54, 1.807) is 11.8 Å². The second-order valence-corrected chi connectivity index (χ2v) is 7.03. The Hall–Kier alpha value is -0.770. The van der Waals surface area contributed by atoms with Crippen LogP contribution in [0.5, 0.6) is 0 Å². The second-order valence-electron chi connectivity index (χ2n) is 4.15. The highest BCUT2D eigenvalue weighted by Gasteiger charge is 2.05. The maximum atomic E-state index is 3.61. The summed E-state index contributed by atoms with van der Waals surface area (Å²) in [5.41, 5.74) is 0. The minimum atomic E-state index is 1.11. The smallest absolute Gasteiger partial charge is 0.0254 e. The molecule has 3 aromatic rings. The molecule has 0 amide bonds. The molecule has 0 aliphatic rings. The molecule has 0 radical (unpaired) electrons. The molecule has 3 heteroatoms. The summed E-state index contributed by atoms with van der Waals surface area (Å²) in [5.74, 6) is 0. The molecule has 0 aromatic heterocycles. The molecule has 0 fully saturated rings. The molecule has 0 bridgehead atoms. The average Bonchev–Trinajstić information content (AvgIpc) is 2.45. The van der Waals surface area contributed by atoms with Crippen molar-refractivity contribution >= 4 is 54.4 Å². The van der Waals surface area contributed by atoms with Gasteiger partial charge >= 0.3 is 0 Å². The van der Waals surface area contributed by atoms with Crippen molar-refractivity contribution in [1.29, 1.82) is 0 Å². The molecule has 3 rings (SSSR count). The molecule has 0 atom stereocenters. The monoisotopic (exact) mass is 392 g/mol. The van der Waals surface area contributed by atoms with Crippen molar-refractivity contribution in [2.75, 3.05) is 0 Å². The molecule has 0 N–H and O–H groups in total. The van der Waals surface area contributed by atoms with Crippen molar-refractivity contribution in [3.8, 4) is 0 Å². The lowest BCUT2D eigenvalue weighted by atomic mass is 10.1. The Bertz CT molecular complexity index is 720. The SMILES string of the molecule is Brc1ccc(Sc2ccc(Br)c3ccccc23)cc1. The maximum Gasteiger partial charge on any atom is 0.0254 e. The highest BCUT2D eigenvalue weighted by Crippen LogP contribution is 2.36. The lowest BCUT2D eigenvalue weighted by Crippen LogP contribution is -1.80. The summed E-state index contributed by atoms with van der Waals surface area (Å²) in [4.78, 5) is 2.52. The molecule has 0 nitrogen and oxygen atoms in total. The molecule has 0 spiro atoms. The van der Waals surface area contributed by atoms with Gasteiger partial charge in [0.25, 0.3) is 0 Å². The van der Waals surface area contributed by atoms with Gasteiger partial charge in [-0.05, 0) is 47.2 Å². The van der Waals surface area contributed by atoms with E-state index in [0.717, 1.165) is 8.95 Å². The van der Waals surface area contributed by atoms with Crippen LogP contribution in [0.2, 0.25) is 0 Å². The predicted octanol–water partition coefficient (Wildman–Crippen LogP) is 6.52. The first kappa shape index (κ1) is 13.2. The van der Waals surface area contributed by atoms with Gasteiger partial charge in [0.05, 0.1) is 0 Å². The van der Waals surface area contributed by atoms with E-state index in [1.165, 1.54) is 20.6 Å². The Kier molecular flexibility index (Phi) is 3.96. The van der Waals surface area contributed by atoms with Crippen molar-refractivity contribution in [2.24, 2.45) is 0 Å². The summed E-state index contributed by atoms with van der Waals surface area (Å²) < 4.78 is 2.25. The van der Waals surface area contributed by atoms with Crippen LogP contribution in [0.4, 0.5) is 0 Å². The average molecular weight is 394 g/mol. The molecular formula is C16H10Br2S. The number of fused-ring (bicyclic) bond motifs is 1. The van der Waals surface area contributed by atoms with Crippen LogP contribution in [0, 0.1) is 0 Å².